The van der Waals surface area contributed by atoms with E-state index in [1.54, 1.807) is 0 Å². The second-order valence-corrected chi connectivity index (χ2v) is 5.07. The molecule has 0 amide bonds. The quantitative estimate of drug-likeness (QED) is 0.805. The Morgan fingerprint density at radius 2 is 1.76 bits per heavy atom. The maximum Gasteiger partial charge on any atom is 0.0620 e. The highest BCUT2D eigenvalue weighted by Crippen LogP contribution is 2.27. The van der Waals surface area contributed by atoms with E-state index in [2.05, 4.69) is 41.2 Å². The third-order valence-electron chi connectivity index (χ3n) is 2.77. The highest BCUT2D eigenvalue weighted by atomic mass is 79.9. The molecule has 17 heavy (non-hydrogen) atoms. The first-order valence-corrected chi connectivity index (χ1v) is 6.25. The highest BCUT2D eigenvalue weighted by molar-refractivity contribution is 9.10. The standard InChI is InChI=1S/C14H15BrN2/c1-9-6-13(16)14(7-10(9)2)17-12-5-3-4-11(15)8-12/h3-8,17H,16H2,1-2H3. The summed E-state index contributed by atoms with van der Waals surface area (Å²) in [6.45, 7) is 4.15. The Morgan fingerprint density at radius 1 is 1.06 bits per heavy atom. The summed E-state index contributed by atoms with van der Waals surface area (Å²) in [7, 11) is 0. The molecule has 0 aliphatic heterocycles. The molecule has 2 aromatic carbocycles. The summed E-state index contributed by atoms with van der Waals surface area (Å²) in [6.07, 6.45) is 0. The van der Waals surface area contributed by atoms with Crippen LogP contribution in [0.3, 0.4) is 0 Å². The van der Waals surface area contributed by atoms with Gasteiger partial charge in [-0.05, 0) is 55.3 Å². The Labute approximate surface area is 110 Å². The van der Waals surface area contributed by atoms with Crippen molar-refractivity contribution in [1.29, 1.82) is 0 Å². The van der Waals surface area contributed by atoms with Crippen LogP contribution < -0.4 is 11.1 Å². The van der Waals surface area contributed by atoms with Gasteiger partial charge in [0.15, 0.2) is 0 Å². The van der Waals surface area contributed by atoms with Crippen LogP contribution in [0.25, 0.3) is 0 Å². The molecular weight excluding hydrogens is 276 g/mol. The van der Waals surface area contributed by atoms with Crippen molar-refractivity contribution in [3.63, 3.8) is 0 Å². The number of hydrogen-bond donors (Lipinski definition) is 2. The maximum atomic E-state index is 6.00. The molecule has 0 unspecified atom stereocenters. The van der Waals surface area contributed by atoms with E-state index >= 15 is 0 Å². The first-order chi connectivity index (χ1) is 8.06. The largest absolute Gasteiger partial charge is 0.397 e. The molecule has 2 aromatic rings. The van der Waals surface area contributed by atoms with Gasteiger partial charge >= 0.3 is 0 Å². The summed E-state index contributed by atoms with van der Waals surface area (Å²) in [5.74, 6) is 0. The van der Waals surface area contributed by atoms with Crippen LogP contribution >= 0.6 is 15.9 Å². The zero-order valence-electron chi connectivity index (χ0n) is 9.92. The number of nitrogens with two attached hydrogens (primary N) is 1. The van der Waals surface area contributed by atoms with Crippen molar-refractivity contribution in [2.45, 2.75) is 13.8 Å². The molecule has 0 radical (unpaired) electrons. The van der Waals surface area contributed by atoms with Crippen LogP contribution in [0, 0.1) is 13.8 Å². The van der Waals surface area contributed by atoms with Crippen LogP contribution in [0.15, 0.2) is 40.9 Å². The first-order valence-electron chi connectivity index (χ1n) is 5.45. The van der Waals surface area contributed by atoms with Crippen LogP contribution in [0.4, 0.5) is 17.1 Å². The number of hydrogen-bond acceptors (Lipinski definition) is 2. The average molecular weight is 291 g/mol. The van der Waals surface area contributed by atoms with Gasteiger partial charge in [-0.2, -0.15) is 0 Å². The van der Waals surface area contributed by atoms with E-state index in [4.69, 9.17) is 5.73 Å². The molecule has 0 atom stereocenters. The van der Waals surface area contributed by atoms with Crippen molar-refractivity contribution in [3.05, 3.63) is 52.0 Å². The lowest BCUT2D eigenvalue weighted by Gasteiger charge is -2.12. The second kappa shape index (κ2) is 4.80. The molecule has 0 saturated heterocycles. The SMILES string of the molecule is Cc1cc(N)c(Nc2cccc(Br)c2)cc1C. The fourth-order valence-electron chi connectivity index (χ4n) is 1.67. The Balaban J connectivity index is 2.33. The van der Waals surface area contributed by atoms with Gasteiger partial charge in [-0.25, -0.2) is 0 Å². The van der Waals surface area contributed by atoms with Gasteiger partial charge in [-0.15, -0.1) is 0 Å². The van der Waals surface area contributed by atoms with Gasteiger partial charge < -0.3 is 11.1 Å². The monoisotopic (exact) mass is 290 g/mol. The van der Waals surface area contributed by atoms with Gasteiger partial charge in [0.05, 0.1) is 11.4 Å². The first kappa shape index (κ1) is 12.0. The van der Waals surface area contributed by atoms with Gasteiger partial charge in [0.2, 0.25) is 0 Å². The summed E-state index contributed by atoms with van der Waals surface area (Å²) in [4.78, 5) is 0. The van der Waals surface area contributed by atoms with Crippen molar-refractivity contribution in [3.8, 4) is 0 Å². The van der Waals surface area contributed by atoms with Gasteiger partial charge in [-0.1, -0.05) is 22.0 Å². The molecule has 0 fully saturated rings. The predicted molar refractivity (Wildman–Crippen MR) is 77.8 cm³/mol. The normalized spacial score (nSPS) is 10.3. The molecule has 0 aliphatic rings. The molecule has 0 bridgehead atoms. The Hall–Kier alpha value is -1.48. The minimum Gasteiger partial charge on any atom is -0.397 e. The second-order valence-electron chi connectivity index (χ2n) is 4.16. The summed E-state index contributed by atoms with van der Waals surface area (Å²) >= 11 is 3.45. The molecule has 0 heterocycles. The van der Waals surface area contributed by atoms with Crippen molar-refractivity contribution in [2.75, 3.05) is 11.1 Å². The Bertz CT molecular complexity index is 550. The molecule has 3 N–H and O–H groups in total. The molecule has 0 aliphatic carbocycles. The summed E-state index contributed by atoms with van der Waals surface area (Å²) in [5.41, 5.74) is 11.2. The lowest BCUT2D eigenvalue weighted by atomic mass is 10.1. The number of nitrogens with one attached hydrogen (secondary N) is 1. The Kier molecular flexibility index (Phi) is 3.38. The van der Waals surface area contributed by atoms with Gasteiger partial charge in [0.25, 0.3) is 0 Å². The van der Waals surface area contributed by atoms with Gasteiger partial charge in [0, 0.05) is 10.2 Å². The number of rotatable bonds is 2. The van der Waals surface area contributed by atoms with Crippen LogP contribution in [-0.2, 0) is 0 Å². The van der Waals surface area contributed by atoms with E-state index < -0.39 is 0 Å². The van der Waals surface area contributed by atoms with Crippen LogP contribution in [-0.4, -0.2) is 0 Å². The number of nitrogen functional groups attached to an aromatic ring is 1. The third kappa shape index (κ3) is 2.80. The zero-order valence-corrected chi connectivity index (χ0v) is 11.5. The van der Waals surface area contributed by atoms with Crippen LogP contribution in [0.2, 0.25) is 0 Å². The van der Waals surface area contributed by atoms with Gasteiger partial charge in [-0.3, -0.25) is 0 Å². The van der Waals surface area contributed by atoms with Crippen LogP contribution in [0.1, 0.15) is 11.1 Å². The molecule has 2 nitrogen and oxygen atoms in total. The summed E-state index contributed by atoms with van der Waals surface area (Å²) < 4.78 is 1.05. The van der Waals surface area contributed by atoms with E-state index in [1.807, 2.05) is 30.3 Å². The third-order valence-corrected chi connectivity index (χ3v) is 3.26. The topological polar surface area (TPSA) is 38.0 Å². The molecule has 3 heteroatoms. The molecule has 88 valence electrons. The van der Waals surface area contributed by atoms with E-state index in [0.29, 0.717) is 0 Å². The smallest absolute Gasteiger partial charge is 0.0620 e. The predicted octanol–water partition coefficient (Wildman–Crippen LogP) is 4.39. The Morgan fingerprint density at radius 3 is 2.47 bits per heavy atom. The maximum absolute atomic E-state index is 6.00. The molecule has 0 spiro atoms. The average Bonchev–Trinajstić information content (AvgIpc) is 2.26. The van der Waals surface area contributed by atoms with E-state index in [-0.39, 0.29) is 0 Å². The number of aryl methyl sites for hydroxylation is 2. The van der Waals surface area contributed by atoms with Crippen molar-refractivity contribution >= 4 is 33.0 Å². The van der Waals surface area contributed by atoms with E-state index in [1.165, 1.54) is 11.1 Å². The highest BCUT2D eigenvalue weighted by Gasteiger charge is 2.03. The minimum absolute atomic E-state index is 0.771. The van der Waals surface area contributed by atoms with Crippen LogP contribution in [0.5, 0.6) is 0 Å². The zero-order chi connectivity index (χ0) is 12.4. The molecule has 0 saturated carbocycles. The number of benzene rings is 2. The fourth-order valence-corrected chi connectivity index (χ4v) is 2.07. The lowest BCUT2D eigenvalue weighted by molar-refractivity contribution is 1.34. The molecular formula is C14H15BrN2. The van der Waals surface area contributed by atoms with E-state index in [9.17, 15) is 0 Å². The number of anilines is 3. The summed E-state index contributed by atoms with van der Waals surface area (Å²) in [5, 5.41) is 3.33. The molecule has 0 aromatic heterocycles. The lowest BCUT2D eigenvalue weighted by Crippen LogP contribution is -1.98. The van der Waals surface area contributed by atoms with E-state index in [0.717, 1.165) is 21.5 Å². The summed E-state index contributed by atoms with van der Waals surface area (Å²) in [6, 6.07) is 12.1. The van der Waals surface area contributed by atoms with Crippen molar-refractivity contribution < 1.29 is 0 Å². The fraction of sp³-hybridized carbons (Fsp3) is 0.143. The van der Waals surface area contributed by atoms with Gasteiger partial charge in [0.1, 0.15) is 0 Å². The van der Waals surface area contributed by atoms with Crippen molar-refractivity contribution in [2.24, 2.45) is 0 Å². The van der Waals surface area contributed by atoms with Crippen molar-refractivity contribution in [1.82, 2.24) is 0 Å². The minimum atomic E-state index is 0.771. The molecule has 2 rings (SSSR count). The number of halogens is 1.